The number of methoxy groups -OCH3 is 1. The van der Waals surface area contributed by atoms with E-state index in [1.54, 1.807) is 0 Å². The number of esters is 1. The van der Waals surface area contributed by atoms with Crippen LogP contribution >= 0.6 is 0 Å². The molecule has 1 heterocycles. The smallest absolute Gasteiger partial charge is 0.325 e. The van der Waals surface area contributed by atoms with Crippen molar-refractivity contribution in [2.75, 3.05) is 26.7 Å². The fourth-order valence-electron chi connectivity index (χ4n) is 2.94. The van der Waals surface area contributed by atoms with E-state index >= 15 is 0 Å². The Balaban J connectivity index is 2.54. The number of hydrogen-bond acceptors (Lipinski definition) is 4. The molecule has 106 valence electrons. The van der Waals surface area contributed by atoms with Crippen molar-refractivity contribution in [2.24, 2.45) is 5.92 Å². The van der Waals surface area contributed by atoms with E-state index in [1.807, 2.05) is 13.8 Å². The molecule has 0 bridgehead atoms. The van der Waals surface area contributed by atoms with Gasteiger partial charge in [-0.25, -0.2) is 0 Å². The number of carbonyl (C=O) groups excluding carboxylic acids is 1. The second-order valence-electron chi connectivity index (χ2n) is 5.79. The average molecular weight is 256 g/mol. The van der Waals surface area contributed by atoms with E-state index in [4.69, 9.17) is 4.74 Å². The van der Waals surface area contributed by atoms with E-state index in [0.717, 1.165) is 32.0 Å². The van der Waals surface area contributed by atoms with Crippen LogP contribution < -0.4 is 5.32 Å². The van der Waals surface area contributed by atoms with Gasteiger partial charge in [0.2, 0.25) is 0 Å². The lowest BCUT2D eigenvalue weighted by Crippen LogP contribution is -2.52. The van der Waals surface area contributed by atoms with Gasteiger partial charge in [-0.05, 0) is 39.2 Å². The summed E-state index contributed by atoms with van der Waals surface area (Å²) in [7, 11) is 1.46. The Bertz CT molecular complexity index is 283. The number of ether oxygens (including phenoxy) is 1. The Labute approximate surface area is 111 Å². The zero-order valence-corrected chi connectivity index (χ0v) is 12.5. The molecule has 3 atom stereocenters. The third kappa shape index (κ3) is 3.69. The summed E-state index contributed by atoms with van der Waals surface area (Å²) in [5, 5.41) is 3.26. The molecule has 0 aromatic rings. The Morgan fingerprint density at radius 3 is 2.61 bits per heavy atom. The quantitative estimate of drug-likeness (QED) is 0.734. The SMILES string of the molecule is CCNC(C)(CCN1CC(C)CC1C)C(=O)OC. The van der Waals surface area contributed by atoms with Crippen molar-refractivity contribution in [3.05, 3.63) is 0 Å². The predicted molar refractivity (Wildman–Crippen MR) is 73.5 cm³/mol. The van der Waals surface area contributed by atoms with Crippen LogP contribution in [0, 0.1) is 5.92 Å². The van der Waals surface area contributed by atoms with Crippen molar-refractivity contribution in [2.45, 2.75) is 52.1 Å². The minimum Gasteiger partial charge on any atom is -0.468 e. The van der Waals surface area contributed by atoms with Crippen molar-refractivity contribution >= 4 is 5.97 Å². The predicted octanol–water partition coefficient (Wildman–Crippen LogP) is 1.65. The number of likely N-dealkylation sites (tertiary alicyclic amines) is 1. The van der Waals surface area contributed by atoms with Gasteiger partial charge in [-0.3, -0.25) is 4.79 Å². The second-order valence-corrected chi connectivity index (χ2v) is 5.79. The fraction of sp³-hybridized carbons (Fsp3) is 0.929. The highest BCUT2D eigenvalue weighted by Gasteiger charge is 2.35. The lowest BCUT2D eigenvalue weighted by molar-refractivity contribution is -0.148. The first kappa shape index (κ1) is 15.4. The molecule has 0 aromatic carbocycles. The number of rotatable bonds is 6. The minimum absolute atomic E-state index is 0.163. The summed E-state index contributed by atoms with van der Waals surface area (Å²) in [5.41, 5.74) is -0.560. The van der Waals surface area contributed by atoms with E-state index in [2.05, 4.69) is 24.1 Å². The molecule has 1 saturated heterocycles. The van der Waals surface area contributed by atoms with Crippen LogP contribution in [0.1, 0.15) is 40.5 Å². The molecule has 1 fully saturated rings. The van der Waals surface area contributed by atoms with Gasteiger partial charge in [-0.15, -0.1) is 0 Å². The van der Waals surface area contributed by atoms with Gasteiger partial charge < -0.3 is 15.0 Å². The van der Waals surface area contributed by atoms with Crippen LogP contribution in [0.5, 0.6) is 0 Å². The van der Waals surface area contributed by atoms with Gasteiger partial charge in [0.25, 0.3) is 0 Å². The van der Waals surface area contributed by atoms with Gasteiger partial charge in [0.15, 0.2) is 0 Å². The largest absolute Gasteiger partial charge is 0.468 e. The van der Waals surface area contributed by atoms with Gasteiger partial charge in [-0.1, -0.05) is 13.8 Å². The van der Waals surface area contributed by atoms with Crippen molar-refractivity contribution in [3.8, 4) is 0 Å². The topological polar surface area (TPSA) is 41.6 Å². The monoisotopic (exact) mass is 256 g/mol. The maximum atomic E-state index is 11.9. The molecule has 0 aliphatic carbocycles. The van der Waals surface area contributed by atoms with Gasteiger partial charge in [0.05, 0.1) is 7.11 Å². The van der Waals surface area contributed by atoms with Crippen LogP contribution in [-0.4, -0.2) is 49.2 Å². The third-order valence-corrected chi connectivity index (χ3v) is 4.01. The normalized spacial score (nSPS) is 28.1. The Morgan fingerprint density at radius 1 is 1.50 bits per heavy atom. The molecule has 0 amide bonds. The fourth-order valence-corrected chi connectivity index (χ4v) is 2.94. The van der Waals surface area contributed by atoms with Crippen molar-refractivity contribution < 1.29 is 9.53 Å². The second kappa shape index (κ2) is 6.53. The highest BCUT2D eigenvalue weighted by atomic mass is 16.5. The van der Waals surface area contributed by atoms with Crippen LogP contribution in [0.15, 0.2) is 0 Å². The third-order valence-electron chi connectivity index (χ3n) is 4.01. The number of likely N-dealkylation sites (N-methyl/N-ethyl adjacent to an activating group) is 1. The van der Waals surface area contributed by atoms with Crippen molar-refractivity contribution in [3.63, 3.8) is 0 Å². The molecule has 3 unspecified atom stereocenters. The van der Waals surface area contributed by atoms with Crippen LogP contribution in [0.2, 0.25) is 0 Å². The molecule has 1 rings (SSSR count). The van der Waals surface area contributed by atoms with E-state index < -0.39 is 5.54 Å². The van der Waals surface area contributed by atoms with Gasteiger partial charge in [-0.2, -0.15) is 0 Å². The average Bonchev–Trinajstić information content (AvgIpc) is 2.64. The number of carbonyl (C=O) groups is 1. The molecule has 0 radical (unpaired) electrons. The minimum atomic E-state index is -0.560. The summed E-state index contributed by atoms with van der Waals surface area (Å²) < 4.78 is 4.91. The van der Waals surface area contributed by atoms with Crippen molar-refractivity contribution in [1.82, 2.24) is 10.2 Å². The van der Waals surface area contributed by atoms with Crippen molar-refractivity contribution in [1.29, 1.82) is 0 Å². The van der Waals surface area contributed by atoms with Gasteiger partial charge in [0, 0.05) is 19.1 Å². The molecule has 0 aromatic heterocycles. The summed E-state index contributed by atoms with van der Waals surface area (Å²) in [5.74, 6) is 0.604. The first-order valence-electron chi connectivity index (χ1n) is 7.00. The maximum absolute atomic E-state index is 11.9. The molecule has 0 spiro atoms. The Morgan fingerprint density at radius 2 is 2.17 bits per heavy atom. The molecule has 4 heteroatoms. The van der Waals surface area contributed by atoms with Gasteiger partial charge in [0.1, 0.15) is 5.54 Å². The highest BCUT2D eigenvalue weighted by molar-refractivity contribution is 5.80. The summed E-state index contributed by atoms with van der Waals surface area (Å²) in [4.78, 5) is 14.3. The summed E-state index contributed by atoms with van der Waals surface area (Å²) in [6, 6.07) is 0.628. The molecule has 4 nitrogen and oxygen atoms in total. The first-order valence-corrected chi connectivity index (χ1v) is 7.00. The molecular weight excluding hydrogens is 228 g/mol. The number of nitrogens with one attached hydrogen (secondary N) is 1. The number of hydrogen-bond donors (Lipinski definition) is 1. The molecule has 1 aliphatic rings. The number of nitrogens with zero attached hydrogens (tertiary/aromatic N) is 1. The summed E-state index contributed by atoms with van der Waals surface area (Å²) in [6.07, 6.45) is 2.06. The van der Waals surface area contributed by atoms with E-state index in [-0.39, 0.29) is 5.97 Å². The zero-order chi connectivity index (χ0) is 13.8. The maximum Gasteiger partial charge on any atom is 0.325 e. The van der Waals surface area contributed by atoms with E-state index in [0.29, 0.717) is 6.04 Å². The molecule has 0 saturated carbocycles. The van der Waals surface area contributed by atoms with E-state index in [1.165, 1.54) is 13.5 Å². The lowest BCUT2D eigenvalue weighted by Gasteiger charge is -2.31. The molecule has 18 heavy (non-hydrogen) atoms. The molecule has 1 aliphatic heterocycles. The zero-order valence-electron chi connectivity index (χ0n) is 12.5. The molecular formula is C14H28N2O2. The summed E-state index contributed by atoms with van der Waals surface area (Å²) >= 11 is 0. The first-order chi connectivity index (χ1) is 8.42. The van der Waals surface area contributed by atoms with E-state index in [9.17, 15) is 4.79 Å². The van der Waals surface area contributed by atoms with Crippen LogP contribution in [0.4, 0.5) is 0 Å². The standard InChI is InChI=1S/C14H28N2O2/c1-6-15-14(4,13(17)18-5)7-8-16-10-11(2)9-12(16)3/h11-12,15H,6-10H2,1-5H3. The Kier molecular flexibility index (Phi) is 5.60. The van der Waals surface area contributed by atoms with Crippen LogP contribution in [0.3, 0.4) is 0 Å². The van der Waals surface area contributed by atoms with Gasteiger partial charge >= 0.3 is 5.97 Å². The van der Waals surface area contributed by atoms with Crippen LogP contribution in [0.25, 0.3) is 0 Å². The Hall–Kier alpha value is -0.610. The highest BCUT2D eigenvalue weighted by Crippen LogP contribution is 2.24. The lowest BCUT2D eigenvalue weighted by atomic mass is 9.97. The molecule has 1 N–H and O–H groups in total. The summed E-state index contributed by atoms with van der Waals surface area (Å²) in [6.45, 7) is 11.4. The van der Waals surface area contributed by atoms with Crippen LogP contribution in [-0.2, 0) is 9.53 Å².